The minimum atomic E-state index is -1.12. The summed E-state index contributed by atoms with van der Waals surface area (Å²) < 4.78 is 5.44. The summed E-state index contributed by atoms with van der Waals surface area (Å²) in [5.74, 6) is -1.12. The number of morpholine rings is 1. The van der Waals surface area contributed by atoms with Gasteiger partial charge in [0.05, 0.1) is 23.2 Å². The molecule has 1 fully saturated rings. The van der Waals surface area contributed by atoms with E-state index in [1.165, 1.54) is 18.2 Å². The zero-order valence-corrected chi connectivity index (χ0v) is 9.46. The molecule has 0 aliphatic carbocycles. The Hall–Kier alpha value is -1.99. The van der Waals surface area contributed by atoms with Crippen molar-refractivity contribution in [1.29, 1.82) is 0 Å². The minimum Gasteiger partial charge on any atom is -0.478 e. The molecule has 1 aromatic rings. The van der Waals surface area contributed by atoms with E-state index in [2.05, 4.69) is 5.32 Å². The Bertz CT molecular complexity index is 482. The van der Waals surface area contributed by atoms with Crippen molar-refractivity contribution in [1.82, 2.24) is 5.32 Å². The third-order valence-corrected chi connectivity index (χ3v) is 2.75. The van der Waals surface area contributed by atoms with Gasteiger partial charge in [-0.2, -0.15) is 0 Å². The predicted molar refractivity (Wildman–Crippen MR) is 61.6 cm³/mol. The molecule has 2 rings (SSSR count). The van der Waals surface area contributed by atoms with Gasteiger partial charge in [0.25, 0.3) is 5.69 Å². The Morgan fingerprint density at radius 3 is 2.89 bits per heavy atom. The van der Waals surface area contributed by atoms with E-state index in [0.29, 0.717) is 25.3 Å². The van der Waals surface area contributed by atoms with Crippen molar-refractivity contribution >= 4 is 11.7 Å². The number of nitro groups is 1. The zero-order valence-electron chi connectivity index (χ0n) is 9.46. The molecule has 0 bridgehead atoms. The topological polar surface area (TPSA) is 102 Å². The number of nitrogens with zero attached hydrogens (tertiary/aromatic N) is 1. The van der Waals surface area contributed by atoms with Crippen LogP contribution in [0, 0.1) is 10.1 Å². The Kier molecular flexibility index (Phi) is 3.54. The minimum absolute atomic E-state index is 0.0364. The van der Waals surface area contributed by atoms with Crippen molar-refractivity contribution in [2.45, 2.75) is 6.10 Å². The number of aromatic carboxylic acids is 1. The fourth-order valence-corrected chi connectivity index (χ4v) is 1.89. The van der Waals surface area contributed by atoms with Crippen molar-refractivity contribution in [3.8, 4) is 0 Å². The van der Waals surface area contributed by atoms with Crippen LogP contribution in [0.5, 0.6) is 0 Å². The van der Waals surface area contributed by atoms with E-state index < -0.39 is 17.0 Å². The van der Waals surface area contributed by atoms with Gasteiger partial charge in [-0.05, 0) is 6.07 Å². The number of nitro benzene ring substituents is 1. The van der Waals surface area contributed by atoms with Crippen LogP contribution in [-0.4, -0.2) is 35.7 Å². The first-order valence-electron chi connectivity index (χ1n) is 5.43. The average molecular weight is 252 g/mol. The summed E-state index contributed by atoms with van der Waals surface area (Å²) in [4.78, 5) is 21.3. The van der Waals surface area contributed by atoms with E-state index >= 15 is 0 Å². The second-order valence-electron chi connectivity index (χ2n) is 3.90. The highest BCUT2D eigenvalue weighted by Crippen LogP contribution is 2.27. The van der Waals surface area contributed by atoms with Crippen LogP contribution in [0.15, 0.2) is 18.2 Å². The normalized spacial score (nSPS) is 19.4. The van der Waals surface area contributed by atoms with Gasteiger partial charge >= 0.3 is 5.97 Å². The third-order valence-electron chi connectivity index (χ3n) is 2.75. The molecule has 96 valence electrons. The number of carboxylic acid groups (broad SMARTS) is 1. The molecule has 0 amide bonds. The van der Waals surface area contributed by atoms with Crippen LogP contribution < -0.4 is 5.32 Å². The first kappa shape index (κ1) is 12.5. The molecule has 1 saturated heterocycles. The molecule has 7 nitrogen and oxygen atoms in total. The van der Waals surface area contributed by atoms with Gasteiger partial charge in [-0.15, -0.1) is 0 Å². The first-order valence-corrected chi connectivity index (χ1v) is 5.43. The number of rotatable bonds is 3. The van der Waals surface area contributed by atoms with Gasteiger partial charge in [-0.3, -0.25) is 10.1 Å². The molecule has 0 spiro atoms. The molecule has 0 aromatic heterocycles. The van der Waals surface area contributed by atoms with Crippen LogP contribution in [0.2, 0.25) is 0 Å². The summed E-state index contributed by atoms with van der Waals surface area (Å²) in [7, 11) is 0. The maximum atomic E-state index is 11.1. The molecular weight excluding hydrogens is 240 g/mol. The van der Waals surface area contributed by atoms with Crippen molar-refractivity contribution in [2.75, 3.05) is 19.7 Å². The highest BCUT2D eigenvalue weighted by Gasteiger charge is 2.24. The Morgan fingerprint density at radius 1 is 1.56 bits per heavy atom. The lowest BCUT2D eigenvalue weighted by Crippen LogP contribution is -2.34. The van der Waals surface area contributed by atoms with Gasteiger partial charge in [0.2, 0.25) is 0 Å². The SMILES string of the molecule is O=C(O)c1ccc([N+](=O)[O-])cc1C1CNCCO1. The molecule has 7 heteroatoms. The average Bonchev–Trinajstić information content (AvgIpc) is 2.39. The Balaban J connectivity index is 2.42. The van der Waals surface area contributed by atoms with Gasteiger partial charge in [-0.1, -0.05) is 0 Å². The van der Waals surface area contributed by atoms with Gasteiger partial charge < -0.3 is 15.2 Å². The van der Waals surface area contributed by atoms with Gasteiger partial charge in [0.15, 0.2) is 0 Å². The highest BCUT2D eigenvalue weighted by molar-refractivity contribution is 5.90. The number of benzene rings is 1. The number of non-ortho nitro benzene ring substituents is 1. The smallest absolute Gasteiger partial charge is 0.336 e. The maximum absolute atomic E-state index is 11.1. The van der Waals surface area contributed by atoms with Crippen molar-refractivity contribution in [2.24, 2.45) is 0 Å². The Morgan fingerprint density at radius 2 is 2.33 bits per heavy atom. The van der Waals surface area contributed by atoms with Crippen LogP contribution in [-0.2, 0) is 4.74 Å². The maximum Gasteiger partial charge on any atom is 0.336 e. The lowest BCUT2D eigenvalue weighted by atomic mass is 10.0. The van der Waals surface area contributed by atoms with Gasteiger partial charge in [-0.25, -0.2) is 4.79 Å². The van der Waals surface area contributed by atoms with Crippen LogP contribution in [0.1, 0.15) is 22.0 Å². The summed E-state index contributed by atoms with van der Waals surface area (Å²) in [6.45, 7) is 1.59. The van der Waals surface area contributed by atoms with E-state index in [1.807, 2.05) is 0 Å². The second-order valence-corrected chi connectivity index (χ2v) is 3.90. The molecule has 1 atom stereocenters. The molecule has 1 aromatic carbocycles. The summed E-state index contributed by atoms with van der Waals surface area (Å²) >= 11 is 0. The first-order chi connectivity index (χ1) is 8.59. The van der Waals surface area contributed by atoms with Crippen molar-refractivity contribution in [3.05, 3.63) is 39.4 Å². The molecular formula is C11H12N2O5. The van der Waals surface area contributed by atoms with E-state index in [1.54, 1.807) is 0 Å². The molecule has 18 heavy (non-hydrogen) atoms. The molecule has 0 radical (unpaired) electrons. The Labute approximate surface area is 103 Å². The van der Waals surface area contributed by atoms with Gasteiger partial charge in [0, 0.05) is 30.8 Å². The largest absolute Gasteiger partial charge is 0.478 e. The van der Waals surface area contributed by atoms with Crippen LogP contribution >= 0.6 is 0 Å². The lowest BCUT2D eigenvalue weighted by molar-refractivity contribution is -0.385. The fraction of sp³-hybridized carbons (Fsp3) is 0.364. The predicted octanol–water partition coefficient (Wildman–Crippen LogP) is 0.954. The molecule has 1 unspecified atom stereocenters. The molecule has 0 saturated carbocycles. The fourth-order valence-electron chi connectivity index (χ4n) is 1.89. The molecule has 1 aliphatic rings. The molecule has 1 aliphatic heterocycles. The van der Waals surface area contributed by atoms with Crippen molar-refractivity contribution < 1.29 is 19.6 Å². The van der Waals surface area contributed by atoms with Crippen molar-refractivity contribution in [3.63, 3.8) is 0 Å². The van der Waals surface area contributed by atoms with E-state index in [0.717, 1.165) is 0 Å². The van der Waals surface area contributed by atoms with E-state index in [9.17, 15) is 14.9 Å². The summed E-state index contributed by atoms with van der Waals surface area (Å²) in [5, 5.41) is 22.9. The van der Waals surface area contributed by atoms with Crippen LogP contribution in [0.25, 0.3) is 0 Å². The summed E-state index contributed by atoms with van der Waals surface area (Å²) in [5.41, 5.74) is 0.238. The van der Waals surface area contributed by atoms with Crippen LogP contribution in [0.3, 0.4) is 0 Å². The van der Waals surface area contributed by atoms with Crippen LogP contribution in [0.4, 0.5) is 5.69 Å². The number of hydrogen-bond acceptors (Lipinski definition) is 5. The highest BCUT2D eigenvalue weighted by atomic mass is 16.6. The lowest BCUT2D eigenvalue weighted by Gasteiger charge is -2.24. The number of carbonyl (C=O) groups is 1. The molecule has 2 N–H and O–H groups in total. The second kappa shape index (κ2) is 5.11. The zero-order chi connectivity index (χ0) is 13.1. The van der Waals surface area contributed by atoms with E-state index in [-0.39, 0.29) is 11.3 Å². The monoisotopic (exact) mass is 252 g/mol. The number of hydrogen-bond donors (Lipinski definition) is 2. The standard InChI is InChI=1S/C11H12N2O5/c14-11(15)8-2-1-7(13(16)17)5-9(8)10-6-12-3-4-18-10/h1-2,5,10,12H,3-4,6H2,(H,14,15). The number of carboxylic acids is 1. The third kappa shape index (κ3) is 2.47. The molecule has 1 heterocycles. The summed E-state index contributed by atoms with van der Waals surface area (Å²) in [6.07, 6.45) is -0.468. The van der Waals surface area contributed by atoms with Gasteiger partial charge in [0.1, 0.15) is 0 Å². The number of nitrogens with one attached hydrogen (secondary N) is 1. The summed E-state index contributed by atoms with van der Waals surface area (Å²) in [6, 6.07) is 3.69. The van der Waals surface area contributed by atoms with E-state index in [4.69, 9.17) is 9.84 Å². The number of ether oxygens (including phenoxy) is 1. The quantitative estimate of drug-likeness (QED) is 0.613.